The molecule has 1 atom stereocenters. The molecule has 0 aliphatic heterocycles. The van der Waals surface area contributed by atoms with Crippen LogP contribution in [0.5, 0.6) is 0 Å². The van der Waals surface area contributed by atoms with E-state index in [1.54, 1.807) is 13.0 Å². The molecule has 0 fully saturated rings. The Morgan fingerprint density at radius 2 is 2.00 bits per heavy atom. The number of fused-ring (bicyclic) bond motifs is 1. The van der Waals surface area contributed by atoms with Crippen LogP contribution in [0.15, 0.2) is 47.4 Å². The zero-order valence-corrected chi connectivity index (χ0v) is 10.7. The number of halogens is 1. The molecular formula is C14H13FO2S. The maximum Gasteiger partial charge on any atom is 0.351 e. The van der Waals surface area contributed by atoms with Crippen molar-refractivity contribution in [2.24, 2.45) is 0 Å². The van der Waals surface area contributed by atoms with Crippen molar-refractivity contribution in [3.05, 3.63) is 42.5 Å². The minimum absolute atomic E-state index is 0.192. The second-order valence-electron chi connectivity index (χ2n) is 3.69. The summed E-state index contributed by atoms with van der Waals surface area (Å²) in [7, 11) is 0. The molecule has 0 aliphatic carbocycles. The van der Waals surface area contributed by atoms with E-state index in [1.165, 1.54) is 0 Å². The minimum Gasteiger partial charge on any atom is -0.463 e. The molecule has 0 saturated carbocycles. The smallest absolute Gasteiger partial charge is 0.351 e. The molecule has 4 heteroatoms. The lowest BCUT2D eigenvalue weighted by Gasteiger charge is -2.07. The van der Waals surface area contributed by atoms with Crippen LogP contribution in [0.4, 0.5) is 4.39 Å². The summed E-state index contributed by atoms with van der Waals surface area (Å²) < 4.78 is 18.2. The molecule has 0 N–H and O–H groups in total. The summed E-state index contributed by atoms with van der Waals surface area (Å²) in [6.45, 7) is 1.85. The quantitative estimate of drug-likeness (QED) is 0.621. The van der Waals surface area contributed by atoms with Gasteiger partial charge in [-0.15, -0.1) is 0 Å². The molecular weight excluding hydrogens is 251 g/mol. The van der Waals surface area contributed by atoms with E-state index in [2.05, 4.69) is 4.74 Å². The van der Waals surface area contributed by atoms with Crippen LogP contribution in [-0.2, 0) is 9.53 Å². The fraction of sp³-hybridized carbons (Fsp3) is 0.214. The molecule has 94 valence electrons. The van der Waals surface area contributed by atoms with Crippen LogP contribution in [-0.4, -0.2) is 18.1 Å². The van der Waals surface area contributed by atoms with Crippen LogP contribution < -0.4 is 0 Å². The van der Waals surface area contributed by atoms with Crippen molar-refractivity contribution in [3.63, 3.8) is 0 Å². The van der Waals surface area contributed by atoms with Gasteiger partial charge in [0.15, 0.2) is 0 Å². The van der Waals surface area contributed by atoms with Crippen LogP contribution in [0.2, 0.25) is 0 Å². The highest BCUT2D eigenvalue weighted by atomic mass is 32.2. The first-order chi connectivity index (χ1) is 8.70. The van der Waals surface area contributed by atoms with Gasteiger partial charge in [-0.1, -0.05) is 42.1 Å². The summed E-state index contributed by atoms with van der Waals surface area (Å²) >= 11 is 0.865. The Kier molecular flexibility index (Phi) is 4.20. The zero-order valence-electron chi connectivity index (χ0n) is 9.93. The average Bonchev–Trinajstić information content (AvgIpc) is 2.39. The molecule has 1 unspecified atom stereocenters. The third-order valence-corrected chi connectivity index (χ3v) is 3.36. The summed E-state index contributed by atoms with van der Waals surface area (Å²) in [4.78, 5) is 11.9. The van der Waals surface area contributed by atoms with E-state index in [4.69, 9.17) is 0 Å². The standard InChI is InChI=1S/C14H13FO2S/c1-2-17-14(16)13(15)18-12-8-7-10-5-3-4-6-11(10)9-12/h3-9,13H,2H2,1H3. The molecule has 0 radical (unpaired) electrons. The Bertz CT molecular complexity index is 556. The molecule has 0 saturated heterocycles. The van der Waals surface area contributed by atoms with Crippen LogP contribution in [0.3, 0.4) is 0 Å². The number of ether oxygens (including phenoxy) is 1. The largest absolute Gasteiger partial charge is 0.463 e. The second kappa shape index (κ2) is 5.87. The average molecular weight is 264 g/mol. The highest BCUT2D eigenvalue weighted by Crippen LogP contribution is 2.28. The van der Waals surface area contributed by atoms with Gasteiger partial charge in [-0.3, -0.25) is 0 Å². The van der Waals surface area contributed by atoms with Crippen LogP contribution in [0.25, 0.3) is 10.8 Å². The number of alkyl halides is 1. The van der Waals surface area contributed by atoms with Crippen LogP contribution in [0, 0.1) is 0 Å². The Balaban J connectivity index is 2.14. The lowest BCUT2D eigenvalue weighted by Crippen LogP contribution is -2.15. The van der Waals surface area contributed by atoms with E-state index in [-0.39, 0.29) is 6.61 Å². The maximum atomic E-state index is 13.6. The maximum absolute atomic E-state index is 13.6. The molecule has 0 spiro atoms. The van der Waals surface area contributed by atoms with E-state index in [1.807, 2.05) is 36.4 Å². The molecule has 0 amide bonds. The monoisotopic (exact) mass is 264 g/mol. The van der Waals surface area contributed by atoms with Crippen molar-refractivity contribution in [1.82, 2.24) is 0 Å². The van der Waals surface area contributed by atoms with Crippen molar-refractivity contribution >= 4 is 28.5 Å². The SMILES string of the molecule is CCOC(=O)C(F)Sc1ccc2ccccc2c1. The Labute approximate surface area is 109 Å². The topological polar surface area (TPSA) is 26.3 Å². The molecule has 2 aromatic carbocycles. The van der Waals surface area contributed by atoms with Gasteiger partial charge in [-0.05, 0) is 29.8 Å². The summed E-state index contributed by atoms with van der Waals surface area (Å²) in [5, 5.41) is 2.12. The first-order valence-electron chi connectivity index (χ1n) is 5.67. The molecule has 2 rings (SSSR count). The van der Waals surface area contributed by atoms with Gasteiger partial charge in [0, 0.05) is 4.90 Å². The number of carbonyl (C=O) groups is 1. The molecule has 18 heavy (non-hydrogen) atoms. The Hall–Kier alpha value is -1.55. The van der Waals surface area contributed by atoms with E-state index < -0.39 is 11.5 Å². The summed E-state index contributed by atoms with van der Waals surface area (Å²) in [5.41, 5.74) is -1.67. The predicted octanol–water partition coefficient (Wildman–Crippen LogP) is 3.79. The number of thioether (sulfide) groups is 1. The van der Waals surface area contributed by atoms with Gasteiger partial charge in [0.1, 0.15) is 0 Å². The first kappa shape index (κ1) is 12.9. The number of carbonyl (C=O) groups excluding carboxylic acids is 1. The van der Waals surface area contributed by atoms with Crippen molar-refractivity contribution < 1.29 is 13.9 Å². The van der Waals surface area contributed by atoms with Gasteiger partial charge in [0.2, 0.25) is 5.50 Å². The third-order valence-electron chi connectivity index (χ3n) is 2.43. The zero-order chi connectivity index (χ0) is 13.0. The normalized spacial score (nSPS) is 12.3. The first-order valence-corrected chi connectivity index (χ1v) is 6.55. The van der Waals surface area contributed by atoms with Crippen molar-refractivity contribution in [1.29, 1.82) is 0 Å². The molecule has 0 aromatic heterocycles. The van der Waals surface area contributed by atoms with E-state index in [0.29, 0.717) is 4.90 Å². The predicted molar refractivity (Wildman–Crippen MR) is 71.3 cm³/mol. The summed E-state index contributed by atoms with van der Waals surface area (Å²) in [5.74, 6) is -0.823. The molecule has 0 bridgehead atoms. The van der Waals surface area contributed by atoms with Crippen molar-refractivity contribution in [2.75, 3.05) is 6.61 Å². The number of hydrogen-bond acceptors (Lipinski definition) is 3. The second-order valence-corrected chi connectivity index (χ2v) is 4.82. The molecule has 2 aromatic rings. The highest BCUT2D eigenvalue weighted by Gasteiger charge is 2.19. The fourth-order valence-corrected chi connectivity index (χ4v) is 2.36. The number of hydrogen-bond donors (Lipinski definition) is 0. The number of esters is 1. The third kappa shape index (κ3) is 3.01. The minimum atomic E-state index is -1.67. The molecule has 2 nitrogen and oxygen atoms in total. The van der Waals surface area contributed by atoms with E-state index in [9.17, 15) is 9.18 Å². The van der Waals surface area contributed by atoms with Gasteiger partial charge in [-0.25, -0.2) is 9.18 Å². The highest BCUT2D eigenvalue weighted by molar-refractivity contribution is 8.00. The van der Waals surface area contributed by atoms with Gasteiger partial charge in [0.05, 0.1) is 6.61 Å². The fourth-order valence-electron chi connectivity index (χ4n) is 1.62. The summed E-state index contributed by atoms with van der Waals surface area (Å²) in [6.07, 6.45) is 0. The van der Waals surface area contributed by atoms with Crippen LogP contribution >= 0.6 is 11.8 Å². The lowest BCUT2D eigenvalue weighted by atomic mass is 10.1. The van der Waals surface area contributed by atoms with Crippen molar-refractivity contribution in [2.45, 2.75) is 17.3 Å². The van der Waals surface area contributed by atoms with Crippen molar-refractivity contribution in [3.8, 4) is 0 Å². The Morgan fingerprint density at radius 1 is 1.28 bits per heavy atom. The van der Waals surface area contributed by atoms with Crippen LogP contribution in [0.1, 0.15) is 6.92 Å². The van der Waals surface area contributed by atoms with Gasteiger partial charge >= 0.3 is 5.97 Å². The van der Waals surface area contributed by atoms with Gasteiger partial charge < -0.3 is 4.74 Å². The summed E-state index contributed by atoms with van der Waals surface area (Å²) in [6, 6.07) is 13.4. The Morgan fingerprint density at radius 3 is 2.72 bits per heavy atom. The van der Waals surface area contributed by atoms with Gasteiger partial charge in [-0.2, -0.15) is 0 Å². The van der Waals surface area contributed by atoms with Gasteiger partial charge in [0.25, 0.3) is 0 Å². The number of benzene rings is 2. The van der Waals surface area contributed by atoms with E-state index in [0.717, 1.165) is 22.5 Å². The lowest BCUT2D eigenvalue weighted by molar-refractivity contribution is -0.145. The van der Waals surface area contributed by atoms with E-state index >= 15 is 0 Å². The molecule has 0 heterocycles. The molecule has 0 aliphatic rings. The number of rotatable bonds is 4.